The highest BCUT2D eigenvalue weighted by atomic mass is 32.2. The molecule has 2 aromatic carbocycles. The molecule has 0 atom stereocenters. The van der Waals surface area contributed by atoms with E-state index >= 15 is 0 Å². The van der Waals surface area contributed by atoms with Crippen molar-refractivity contribution in [2.24, 2.45) is 5.14 Å². The molecule has 0 aliphatic rings. The zero-order chi connectivity index (χ0) is 26.1. The van der Waals surface area contributed by atoms with Gasteiger partial charge in [0.2, 0.25) is 16.0 Å². The summed E-state index contributed by atoms with van der Waals surface area (Å²) in [6.45, 7) is -1.10. The summed E-state index contributed by atoms with van der Waals surface area (Å²) in [5, 5.41) is 8.04. The fraction of sp³-hybridized carbons (Fsp3) is 0.174. The number of anilines is 2. The summed E-state index contributed by atoms with van der Waals surface area (Å²) in [6.07, 6.45) is -4.49. The van der Waals surface area contributed by atoms with Crippen molar-refractivity contribution in [2.75, 3.05) is 23.8 Å². The lowest BCUT2D eigenvalue weighted by Gasteiger charge is -2.21. The zero-order valence-corrected chi connectivity index (χ0v) is 19.6. The molecule has 0 bridgehead atoms. The minimum Gasteiger partial charge on any atom is -0.350 e. The van der Waals surface area contributed by atoms with E-state index in [0.29, 0.717) is 22.3 Å². The summed E-state index contributed by atoms with van der Waals surface area (Å²) in [6, 6.07) is 14.6. The van der Waals surface area contributed by atoms with E-state index in [4.69, 9.17) is 5.14 Å². The zero-order valence-electron chi connectivity index (χ0n) is 18.8. The number of hydrogen-bond acceptors (Lipinski definition) is 7. The number of sulfonamides is 1. The van der Waals surface area contributed by atoms with E-state index in [-0.39, 0.29) is 28.7 Å². The number of nitrogens with zero attached hydrogens (tertiary/aromatic N) is 4. The quantitative estimate of drug-likeness (QED) is 0.353. The lowest BCUT2D eigenvalue weighted by molar-refractivity contribution is -0.119. The summed E-state index contributed by atoms with van der Waals surface area (Å²) in [5.74, 6) is -0.421. The molecule has 188 valence electrons. The van der Waals surface area contributed by atoms with Crippen molar-refractivity contribution in [1.29, 1.82) is 0 Å². The molecule has 0 unspecified atom stereocenters. The Morgan fingerprint density at radius 2 is 1.61 bits per heavy atom. The monoisotopic (exact) mass is 520 g/mol. The van der Waals surface area contributed by atoms with Crippen LogP contribution in [0.25, 0.3) is 22.3 Å². The van der Waals surface area contributed by atoms with E-state index in [9.17, 15) is 26.0 Å². The van der Waals surface area contributed by atoms with Gasteiger partial charge in [-0.25, -0.2) is 27.9 Å². The standard InChI is InChI=1S/C23H20F4N6O2S/c1-33(13-23(25,26)27)21-20-19(11-10-18(30-20)15-4-6-16(24)7-5-15)31-22(32-21)29-12-14-2-8-17(9-3-14)36(28,34)35/h2-11H,12-13H2,1H3,(H2,28,34,35)(H,29,31,32). The van der Waals surface area contributed by atoms with Gasteiger partial charge < -0.3 is 10.2 Å². The maximum Gasteiger partial charge on any atom is 0.405 e. The van der Waals surface area contributed by atoms with Gasteiger partial charge in [-0.05, 0) is 54.1 Å². The highest BCUT2D eigenvalue weighted by Crippen LogP contribution is 2.29. The van der Waals surface area contributed by atoms with Gasteiger partial charge in [0.1, 0.15) is 17.9 Å². The highest BCUT2D eigenvalue weighted by Gasteiger charge is 2.31. The molecule has 0 saturated carbocycles. The van der Waals surface area contributed by atoms with Crippen molar-refractivity contribution in [2.45, 2.75) is 17.6 Å². The number of halogens is 4. The Bertz CT molecular complexity index is 1490. The number of fused-ring (bicyclic) bond motifs is 1. The van der Waals surface area contributed by atoms with Crippen LogP contribution < -0.4 is 15.4 Å². The number of nitrogens with two attached hydrogens (primary N) is 1. The molecule has 3 N–H and O–H groups in total. The van der Waals surface area contributed by atoms with Gasteiger partial charge in [0.05, 0.1) is 16.1 Å². The second kappa shape index (κ2) is 9.66. The highest BCUT2D eigenvalue weighted by molar-refractivity contribution is 7.89. The molecule has 8 nitrogen and oxygen atoms in total. The molecule has 2 heterocycles. The normalized spacial score (nSPS) is 12.1. The minimum absolute atomic E-state index is 0.0478. The number of nitrogens with one attached hydrogen (secondary N) is 1. The summed E-state index contributed by atoms with van der Waals surface area (Å²) in [5.41, 5.74) is 2.11. The molecule has 0 radical (unpaired) electrons. The van der Waals surface area contributed by atoms with Crippen LogP contribution >= 0.6 is 0 Å². The number of pyridine rings is 1. The Morgan fingerprint density at radius 3 is 2.22 bits per heavy atom. The summed E-state index contributed by atoms with van der Waals surface area (Å²) in [7, 11) is -2.59. The van der Waals surface area contributed by atoms with Crippen molar-refractivity contribution in [1.82, 2.24) is 15.0 Å². The van der Waals surface area contributed by atoms with Crippen LogP contribution in [0.3, 0.4) is 0 Å². The van der Waals surface area contributed by atoms with Crippen LogP contribution in [0.15, 0.2) is 65.6 Å². The Hall–Kier alpha value is -3.84. The predicted octanol–water partition coefficient (Wildman–Crippen LogP) is 4.09. The maximum absolute atomic E-state index is 13.3. The number of benzene rings is 2. The van der Waals surface area contributed by atoms with Crippen LogP contribution in [-0.4, -0.2) is 43.1 Å². The smallest absolute Gasteiger partial charge is 0.350 e. The van der Waals surface area contributed by atoms with E-state index in [1.54, 1.807) is 24.3 Å². The molecule has 0 aliphatic carbocycles. The molecule has 13 heteroatoms. The number of alkyl halides is 3. The van der Waals surface area contributed by atoms with Crippen molar-refractivity contribution < 1.29 is 26.0 Å². The van der Waals surface area contributed by atoms with E-state index in [0.717, 1.165) is 4.90 Å². The van der Waals surface area contributed by atoms with Gasteiger partial charge in [-0.15, -0.1) is 0 Å². The maximum atomic E-state index is 13.3. The second-order valence-electron chi connectivity index (χ2n) is 7.96. The van der Waals surface area contributed by atoms with Gasteiger partial charge in [-0.2, -0.15) is 18.2 Å². The number of hydrogen-bond donors (Lipinski definition) is 2. The topological polar surface area (TPSA) is 114 Å². The second-order valence-corrected chi connectivity index (χ2v) is 9.52. The number of primary sulfonamides is 1. The Kier molecular flexibility index (Phi) is 6.78. The van der Waals surface area contributed by atoms with Gasteiger partial charge in [-0.3, -0.25) is 0 Å². The number of rotatable bonds is 7. The molecule has 0 fully saturated rings. The van der Waals surface area contributed by atoms with Gasteiger partial charge in [0.15, 0.2) is 5.82 Å². The first-order valence-corrected chi connectivity index (χ1v) is 12.0. The van der Waals surface area contributed by atoms with E-state index in [2.05, 4.69) is 20.3 Å². The van der Waals surface area contributed by atoms with E-state index < -0.39 is 28.6 Å². The summed E-state index contributed by atoms with van der Waals surface area (Å²) in [4.78, 5) is 14.0. The molecule has 4 rings (SSSR count). The molecule has 2 aromatic heterocycles. The first kappa shape index (κ1) is 25.3. The van der Waals surface area contributed by atoms with Crippen molar-refractivity contribution in [3.8, 4) is 11.3 Å². The molecule has 0 spiro atoms. The Balaban J connectivity index is 1.69. The van der Waals surface area contributed by atoms with Crippen molar-refractivity contribution in [3.05, 3.63) is 72.0 Å². The van der Waals surface area contributed by atoms with Gasteiger partial charge >= 0.3 is 6.18 Å². The van der Waals surface area contributed by atoms with Crippen molar-refractivity contribution >= 4 is 32.8 Å². The van der Waals surface area contributed by atoms with Crippen LogP contribution in [-0.2, 0) is 16.6 Å². The summed E-state index contributed by atoms with van der Waals surface area (Å²) < 4.78 is 75.6. The Labute approximate surface area is 203 Å². The van der Waals surface area contributed by atoms with Gasteiger partial charge in [0, 0.05) is 19.2 Å². The molecule has 0 saturated heterocycles. The third-order valence-corrected chi connectivity index (χ3v) is 6.07. The predicted molar refractivity (Wildman–Crippen MR) is 127 cm³/mol. The average Bonchev–Trinajstić information content (AvgIpc) is 2.81. The number of aromatic nitrogens is 3. The lowest BCUT2D eigenvalue weighted by atomic mass is 10.1. The SMILES string of the molecule is CN(CC(F)(F)F)c1nc(NCc2ccc(S(N)(=O)=O)cc2)nc2ccc(-c3ccc(F)cc3)nc12. The third kappa shape index (κ3) is 6.04. The van der Waals surface area contributed by atoms with E-state index in [1.165, 1.54) is 43.4 Å². The third-order valence-electron chi connectivity index (χ3n) is 5.14. The van der Waals surface area contributed by atoms with Crippen LogP contribution in [0.1, 0.15) is 5.56 Å². The minimum atomic E-state index is -4.49. The fourth-order valence-corrected chi connectivity index (χ4v) is 3.96. The molecule has 0 amide bonds. The largest absolute Gasteiger partial charge is 0.405 e. The van der Waals surface area contributed by atoms with Gasteiger partial charge in [-0.1, -0.05) is 12.1 Å². The average molecular weight is 521 g/mol. The molecular weight excluding hydrogens is 500 g/mol. The molecule has 36 heavy (non-hydrogen) atoms. The molecule has 4 aromatic rings. The molecular formula is C23H20F4N6O2S. The van der Waals surface area contributed by atoms with Crippen molar-refractivity contribution in [3.63, 3.8) is 0 Å². The fourth-order valence-electron chi connectivity index (χ4n) is 3.45. The van der Waals surface area contributed by atoms with Gasteiger partial charge in [0.25, 0.3) is 0 Å². The first-order valence-electron chi connectivity index (χ1n) is 10.5. The van der Waals surface area contributed by atoms with Crippen LogP contribution in [0.5, 0.6) is 0 Å². The Morgan fingerprint density at radius 1 is 0.944 bits per heavy atom. The summed E-state index contributed by atoms with van der Waals surface area (Å²) >= 11 is 0. The van der Waals surface area contributed by atoms with E-state index in [1.807, 2.05) is 0 Å². The lowest BCUT2D eigenvalue weighted by Crippen LogP contribution is -2.32. The van der Waals surface area contributed by atoms with Crippen LogP contribution in [0.2, 0.25) is 0 Å². The molecule has 0 aliphatic heterocycles. The first-order chi connectivity index (χ1) is 16.9. The van der Waals surface area contributed by atoms with Crippen LogP contribution in [0.4, 0.5) is 29.3 Å². The van der Waals surface area contributed by atoms with Crippen LogP contribution in [0, 0.1) is 5.82 Å².